The normalized spacial score (nSPS) is 11.6. The number of pyridine rings is 1. The average molecular weight is 417 g/mol. The van der Waals surface area contributed by atoms with Crippen LogP contribution in [-0.2, 0) is 19.6 Å². The van der Waals surface area contributed by atoms with E-state index in [4.69, 9.17) is 0 Å². The standard InChI is InChI=1S/C20H24N4O4S/c1-3-24(4-2)29(27,28)18-10-7-16(8-11-18)9-12-19(25)22-15-20(26)23-17-6-5-13-21-14-17/h5-14H,3-4,15H2,1-2H3,(H,22,25)(H,23,26)/b12-9+. The number of nitrogens with one attached hydrogen (secondary N) is 2. The maximum atomic E-state index is 12.5. The number of hydrogen-bond acceptors (Lipinski definition) is 5. The SMILES string of the molecule is CCN(CC)S(=O)(=O)c1ccc(/C=C/C(=O)NCC(=O)Nc2cccnc2)cc1. The molecule has 0 spiro atoms. The van der Waals surface area contributed by atoms with E-state index in [0.29, 0.717) is 24.3 Å². The molecule has 0 aliphatic rings. The van der Waals surface area contributed by atoms with Crippen LogP contribution in [0.5, 0.6) is 0 Å². The quantitative estimate of drug-likeness (QED) is 0.607. The smallest absolute Gasteiger partial charge is 0.244 e. The first-order valence-corrected chi connectivity index (χ1v) is 10.6. The average Bonchev–Trinajstić information content (AvgIpc) is 2.72. The van der Waals surface area contributed by atoms with Crippen LogP contribution in [0, 0.1) is 0 Å². The maximum Gasteiger partial charge on any atom is 0.244 e. The van der Waals surface area contributed by atoms with Gasteiger partial charge in [-0.15, -0.1) is 0 Å². The van der Waals surface area contributed by atoms with Crippen molar-refractivity contribution in [3.8, 4) is 0 Å². The zero-order valence-electron chi connectivity index (χ0n) is 16.3. The number of carbonyl (C=O) groups is 2. The van der Waals surface area contributed by atoms with Crippen molar-refractivity contribution >= 4 is 33.6 Å². The lowest BCUT2D eigenvalue weighted by Gasteiger charge is -2.18. The molecule has 154 valence electrons. The van der Waals surface area contributed by atoms with E-state index in [1.807, 2.05) is 0 Å². The fourth-order valence-corrected chi connectivity index (χ4v) is 3.96. The van der Waals surface area contributed by atoms with Crippen LogP contribution >= 0.6 is 0 Å². The Labute approximate surface area is 170 Å². The molecular weight excluding hydrogens is 392 g/mol. The van der Waals surface area contributed by atoms with Gasteiger partial charge in [0.2, 0.25) is 21.8 Å². The van der Waals surface area contributed by atoms with Crippen molar-refractivity contribution in [1.29, 1.82) is 0 Å². The first-order valence-electron chi connectivity index (χ1n) is 9.12. The minimum absolute atomic E-state index is 0.181. The second-order valence-corrected chi connectivity index (χ2v) is 7.94. The molecular formula is C20H24N4O4S. The summed E-state index contributed by atoms with van der Waals surface area (Å²) in [7, 11) is -3.51. The van der Waals surface area contributed by atoms with Crippen LogP contribution in [0.25, 0.3) is 6.08 Å². The van der Waals surface area contributed by atoms with E-state index in [1.54, 1.807) is 50.4 Å². The molecule has 0 saturated carbocycles. The van der Waals surface area contributed by atoms with Crippen LogP contribution < -0.4 is 10.6 Å². The third-order valence-electron chi connectivity index (χ3n) is 4.02. The minimum atomic E-state index is -3.51. The summed E-state index contributed by atoms with van der Waals surface area (Å²) in [6.45, 7) is 4.19. The third kappa shape index (κ3) is 6.51. The number of anilines is 1. The molecule has 0 aliphatic heterocycles. The van der Waals surface area contributed by atoms with Crippen molar-refractivity contribution < 1.29 is 18.0 Å². The number of rotatable bonds is 9. The zero-order chi connectivity index (χ0) is 21.3. The number of carbonyl (C=O) groups excluding carboxylic acids is 2. The van der Waals surface area contributed by atoms with Crippen molar-refractivity contribution in [2.24, 2.45) is 0 Å². The Kier molecular flexibility index (Phi) is 8.05. The van der Waals surface area contributed by atoms with Crippen molar-refractivity contribution in [3.63, 3.8) is 0 Å². The zero-order valence-corrected chi connectivity index (χ0v) is 17.1. The van der Waals surface area contributed by atoms with E-state index >= 15 is 0 Å². The van der Waals surface area contributed by atoms with E-state index < -0.39 is 15.9 Å². The Morgan fingerprint density at radius 2 is 1.79 bits per heavy atom. The summed E-state index contributed by atoms with van der Waals surface area (Å²) in [5, 5.41) is 5.09. The molecule has 0 fully saturated rings. The summed E-state index contributed by atoms with van der Waals surface area (Å²) in [4.78, 5) is 27.7. The van der Waals surface area contributed by atoms with E-state index in [9.17, 15) is 18.0 Å². The molecule has 1 aromatic carbocycles. The summed E-state index contributed by atoms with van der Waals surface area (Å²) in [6, 6.07) is 9.63. The molecule has 0 saturated heterocycles. The summed E-state index contributed by atoms with van der Waals surface area (Å²) < 4.78 is 26.3. The van der Waals surface area contributed by atoms with Crippen LogP contribution in [0.3, 0.4) is 0 Å². The number of aromatic nitrogens is 1. The Morgan fingerprint density at radius 1 is 1.10 bits per heavy atom. The predicted octanol–water partition coefficient (Wildman–Crippen LogP) is 1.88. The highest BCUT2D eigenvalue weighted by molar-refractivity contribution is 7.89. The number of amides is 2. The van der Waals surface area contributed by atoms with Gasteiger partial charge in [-0.3, -0.25) is 14.6 Å². The molecule has 2 amide bonds. The van der Waals surface area contributed by atoms with Gasteiger partial charge < -0.3 is 10.6 Å². The summed E-state index contributed by atoms with van der Waals surface area (Å²) in [6.07, 6.45) is 5.92. The molecule has 0 bridgehead atoms. The molecule has 2 rings (SSSR count). The Hall–Kier alpha value is -3.04. The number of benzene rings is 1. The maximum absolute atomic E-state index is 12.5. The van der Waals surface area contributed by atoms with Crippen LogP contribution in [0.4, 0.5) is 5.69 Å². The van der Waals surface area contributed by atoms with Crippen molar-refractivity contribution in [2.45, 2.75) is 18.7 Å². The molecule has 0 atom stereocenters. The van der Waals surface area contributed by atoms with Gasteiger partial charge in [0.05, 0.1) is 23.3 Å². The highest BCUT2D eigenvalue weighted by atomic mass is 32.2. The van der Waals surface area contributed by atoms with E-state index in [0.717, 1.165) is 0 Å². The lowest BCUT2D eigenvalue weighted by molar-refractivity contribution is -0.121. The van der Waals surface area contributed by atoms with Gasteiger partial charge in [0.25, 0.3) is 0 Å². The van der Waals surface area contributed by atoms with Crippen molar-refractivity contribution in [3.05, 3.63) is 60.4 Å². The van der Waals surface area contributed by atoms with Crippen LogP contribution in [0.15, 0.2) is 59.8 Å². The van der Waals surface area contributed by atoms with E-state index in [1.165, 1.54) is 28.7 Å². The first kappa shape index (κ1) is 22.3. The summed E-state index contributed by atoms with van der Waals surface area (Å²) in [5.74, 6) is -0.808. The Balaban J connectivity index is 1.89. The lowest BCUT2D eigenvalue weighted by atomic mass is 10.2. The minimum Gasteiger partial charge on any atom is -0.343 e. The van der Waals surface area contributed by atoms with Crippen molar-refractivity contribution in [1.82, 2.24) is 14.6 Å². The van der Waals surface area contributed by atoms with Gasteiger partial charge in [-0.25, -0.2) is 8.42 Å². The molecule has 1 aromatic heterocycles. The van der Waals surface area contributed by atoms with Gasteiger partial charge in [0, 0.05) is 25.4 Å². The molecule has 0 radical (unpaired) electrons. The predicted molar refractivity (Wildman–Crippen MR) is 111 cm³/mol. The molecule has 9 heteroatoms. The monoisotopic (exact) mass is 416 g/mol. The fourth-order valence-electron chi connectivity index (χ4n) is 2.50. The van der Waals surface area contributed by atoms with E-state index in [-0.39, 0.29) is 17.3 Å². The Morgan fingerprint density at radius 3 is 2.38 bits per heavy atom. The van der Waals surface area contributed by atoms with Gasteiger partial charge in [-0.1, -0.05) is 26.0 Å². The summed E-state index contributed by atoms with van der Waals surface area (Å²) >= 11 is 0. The molecule has 1 heterocycles. The Bertz CT molecular complexity index is 954. The van der Waals surface area contributed by atoms with E-state index in [2.05, 4.69) is 15.6 Å². The molecule has 0 aliphatic carbocycles. The van der Waals surface area contributed by atoms with Crippen molar-refractivity contribution in [2.75, 3.05) is 25.0 Å². The van der Waals surface area contributed by atoms with Gasteiger partial charge in [0.1, 0.15) is 0 Å². The molecule has 29 heavy (non-hydrogen) atoms. The van der Waals surface area contributed by atoms with Crippen LogP contribution in [0.1, 0.15) is 19.4 Å². The van der Waals surface area contributed by atoms with Gasteiger partial charge in [-0.2, -0.15) is 4.31 Å². The number of sulfonamides is 1. The number of hydrogen-bond donors (Lipinski definition) is 2. The highest BCUT2D eigenvalue weighted by Crippen LogP contribution is 2.16. The van der Waals surface area contributed by atoms with Gasteiger partial charge in [0.15, 0.2) is 0 Å². The second-order valence-electron chi connectivity index (χ2n) is 6.00. The number of nitrogens with zero attached hydrogens (tertiary/aromatic N) is 2. The van der Waals surface area contributed by atoms with Crippen LogP contribution in [0.2, 0.25) is 0 Å². The lowest BCUT2D eigenvalue weighted by Crippen LogP contribution is -2.31. The second kappa shape index (κ2) is 10.5. The van der Waals surface area contributed by atoms with Gasteiger partial charge in [-0.05, 0) is 35.9 Å². The van der Waals surface area contributed by atoms with Crippen LogP contribution in [-0.4, -0.2) is 49.2 Å². The molecule has 8 nitrogen and oxygen atoms in total. The third-order valence-corrected chi connectivity index (χ3v) is 6.08. The van der Waals surface area contributed by atoms with Gasteiger partial charge >= 0.3 is 0 Å². The molecule has 2 N–H and O–H groups in total. The largest absolute Gasteiger partial charge is 0.343 e. The first-order chi connectivity index (χ1) is 13.9. The highest BCUT2D eigenvalue weighted by Gasteiger charge is 2.20. The fraction of sp³-hybridized carbons (Fsp3) is 0.250. The topological polar surface area (TPSA) is 108 Å². The molecule has 0 unspecified atom stereocenters. The summed E-state index contributed by atoms with van der Waals surface area (Å²) in [5.41, 5.74) is 1.21. The molecule has 2 aromatic rings.